The van der Waals surface area contributed by atoms with E-state index in [1.165, 1.54) is 11.8 Å². The number of carbonyl (C=O) groups excluding carboxylic acids is 1. The molecule has 1 heterocycles. The van der Waals surface area contributed by atoms with E-state index in [9.17, 15) is 4.79 Å². The summed E-state index contributed by atoms with van der Waals surface area (Å²) in [6.07, 6.45) is 0. The van der Waals surface area contributed by atoms with Gasteiger partial charge < -0.3 is 9.88 Å². The molecule has 0 radical (unpaired) electrons. The summed E-state index contributed by atoms with van der Waals surface area (Å²) in [5.74, 6) is 0.858. The normalized spacial score (nSPS) is 12.9. The van der Waals surface area contributed by atoms with Gasteiger partial charge in [0, 0.05) is 17.6 Å². The summed E-state index contributed by atoms with van der Waals surface area (Å²) in [6.45, 7) is 12.7. The number of aromatic nitrogens is 3. The van der Waals surface area contributed by atoms with E-state index in [2.05, 4.69) is 46.1 Å². The lowest BCUT2D eigenvalue weighted by atomic mass is 10.1. The van der Waals surface area contributed by atoms with Crippen molar-refractivity contribution < 1.29 is 4.79 Å². The Labute approximate surface area is 148 Å². The van der Waals surface area contributed by atoms with Gasteiger partial charge in [-0.05, 0) is 47.1 Å². The highest BCUT2D eigenvalue weighted by atomic mass is 32.2. The molecule has 1 aromatic heterocycles. The van der Waals surface area contributed by atoms with Crippen LogP contribution in [0.1, 0.15) is 40.2 Å². The van der Waals surface area contributed by atoms with E-state index in [1.54, 1.807) is 0 Å². The molecule has 1 atom stereocenters. The van der Waals surface area contributed by atoms with Crippen molar-refractivity contribution in [3.8, 4) is 11.4 Å². The molecule has 0 saturated carbocycles. The third kappa shape index (κ3) is 4.38. The Morgan fingerprint density at radius 2 is 1.96 bits per heavy atom. The molecule has 0 bridgehead atoms. The van der Waals surface area contributed by atoms with Crippen LogP contribution < -0.4 is 5.32 Å². The maximum atomic E-state index is 12.3. The molecule has 5 nitrogen and oxygen atoms in total. The standard InChI is InChI=1S/C18H26N4OS/c1-7-22-15(14-11-9-8-10-12(14)2)20-21-17(22)24-13(3)16(23)19-18(4,5)6/h8-11,13H,7H2,1-6H3,(H,19,23). The Morgan fingerprint density at radius 3 is 2.54 bits per heavy atom. The first kappa shape index (κ1) is 18.5. The van der Waals surface area contributed by atoms with Crippen LogP contribution in [-0.2, 0) is 11.3 Å². The maximum absolute atomic E-state index is 12.3. The molecule has 6 heteroatoms. The van der Waals surface area contributed by atoms with E-state index < -0.39 is 0 Å². The van der Waals surface area contributed by atoms with Crippen LogP contribution in [0.5, 0.6) is 0 Å². The monoisotopic (exact) mass is 346 g/mol. The SMILES string of the molecule is CCn1c(SC(C)C(=O)NC(C)(C)C)nnc1-c1ccccc1C. The fourth-order valence-electron chi connectivity index (χ4n) is 2.37. The lowest BCUT2D eigenvalue weighted by molar-refractivity contribution is -0.121. The lowest BCUT2D eigenvalue weighted by Gasteiger charge is -2.22. The van der Waals surface area contributed by atoms with E-state index in [0.717, 1.165) is 28.7 Å². The number of hydrogen-bond donors (Lipinski definition) is 1. The molecule has 24 heavy (non-hydrogen) atoms. The predicted octanol–water partition coefficient (Wildman–Crippen LogP) is 3.67. The van der Waals surface area contributed by atoms with Crippen LogP contribution in [0.2, 0.25) is 0 Å². The lowest BCUT2D eigenvalue weighted by Crippen LogP contribution is -2.44. The van der Waals surface area contributed by atoms with Gasteiger partial charge in [-0.2, -0.15) is 0 Å². The fourth-order valence-corrected chi connectivity index (χ4v) is 3.28. The third-order valence-corrected chi connectivity index (χ3v) is 4.65. The van der Waals surface area contributed by atoms with Gasteiger partial charge in [-0.1, -0.05) is 36.0 Å². The van der Waals surface area contributed by atoms with Gasteiger partial charge in [0.05, 0.1) is 5.25 Å². The molecule has 0 spiro atoms. The van der Waals surface area contributed by atoms with E-state index in [1.807, 2.05) is 39.8 Å². The summed E-state index contributed by atoms with van der Waals surface area (Å²) >= 11 is 1.44. The zero-order chi connectivity index (χ0) is 17.9. The van der Waals surface area contributed by atoms with Crippen molar-refractivity contribution in [2.24, 2.45) is 0 Å². The summed E-state index contributed by atoms with van der Waals surface area (Å²) in [5.41, 5.74) is 2.00. The molecule has 0 aliphatic rings. The molecular weight excluding hydrogens is 320 g/mol. The average molecular weight is 347 g/mol. The molecule has 1 amide bonds. The Balaban J connectivity index is 2.24. The first-order chi connectivity index (χ1) is 11.2. The van der Waals surface area contributed by atoms with E-state index in [4.69, 9.17) is 0 Å². The second-order valence-corrected chi connectivity index (χ2v) is 8.17. The number of rotatable bonds is 5. The highest BCUT2D eigenvalue weighted by molar-refractivity contribution is 8.00. The van der Waals surface area contributed by atoms with Crippen molar-refractivity contribution in [3.63, 3.8) is 0 Å². The van der Waals surface area contributed by atoms with Crippen molar-refractivity contribution in [2.45, 2.75) is 64.0 Å². The molecule has 0 fully saturated rings. The number of hydrogen-bond acceptors (Lipinski definition) is 4. The Hall–Kier alpha value is -1.82. The van der Waals surface area contributed by atoms with Gasteiger partial charge in [-0.15, -0.1) is 10.2 Å². The van der Waals surface area contributed by atoms with Crippen molar-refractivity contribution in [1.82, 2.24) is 20.1 Å². The average Bonchev–Trinajstić information content (AvgIpc) is 2.88. The molecule has 2 rings (SSSR count). The third-order valence-electron chi connectivity index (χ3n) is 3.57. The number of nitrogens with zero attached hydrogens (tertiary/aromatic N) is 3. The zero-order valence-electron chi connectivity index (χ0n) is 15.3. The topological polar surface area (TPSA) is 59.8 Å². The number of nitrogens with one attached hydrogen (secondary N) is 1. The molecule has 0 aliphatic heterocycles. The number of carbonyl (C=O) groups is 1. The van der Waals surface area contributed by atoms with Crippen molar-refractivity contribution in [2.75, 3.05) is 0 Å². The van der Waals surface area contributed by atoms with Crippen molar-refractivity contribution in [3.05, 3.63) is 29.8 Å². The molecule has 0 saturated heterocycles. The Kier molecular flexibility index (Phi) is 5.70. The minimum absolute atomic E-state index is 0.00981. The molecular formula is C18H26N4OS. The summed E-state index contributed by atoms with van der Waals surface area (Å²) in [6, 6.07) is 8.13. The van der Waals surface area contributed by atoms with Crippen LogP contribution >= 0.6 is 11.8 Å². The Morgan fingerprint density at radius 1 is 1.29 bits per heavy atom. The minimum atomic E-state index is -0.239. The van der Waals surface area contributed by atoms with E-state index >= 15 is 0 Å². The van der Waals surface area contributed by atoms with Crippen LogP contribution in [-0.4, -0.2) is 31.5 Å². The summed E-state index contributed by atoms with van der Waals surface area (Å²) in [4.78, 5) is 12.3. The quantitative estimate of drug-likeness (QED) is 0.839. The zero-order valence-corrected chi connectivity index (χ0v) is 16.1. The molecule has 1 aromatic carbocycles. The van der Waals surface area contributed by atoms with E-state index in [-0.39, 0.29) is 16.7 Å². The second kappa shape index (κ2) is 7.38. The van der Waals surface area contributed by atoms with Crippen molar-refractivity contribution >= 4 is 17.7 Å². The molecule has 0 aliphatic carbocycles. The van der Waals surface area contributed by atoms with Gasteiger partial charge in [-0.25, -0.2) is 0 Å². The smallest absolute Gasteiger partial charge is 0.233 e. The van der Waals surface area contributed by atoms with Crippen LogP contribution in [0.4, 0.5) is 0 Å². The number of amides is 1. The van der Waals surface area contributed by atoms with Crippen molar-refractivity contribution in [1.29, 1.82) is 0 Å². The number of aryl methyl sites for hydroxylation is 1. The van der Waals surface area contributed by atoms with Gasteiger partial charge in [0.25, 0.3) is 0 Å². The first-order valence-electron chi connectivity index (χ1n) is 8.21. The van der Waals surface area contributed by atoms with Gasteiger partial charge in [-0.3, -0.25) is 4.79 Å². The number of benzene rings is 1. The summed E-state index contributed by atoms with van der Waals surface area (Å²) in [5, 5.41) is 12.2. The second-order valence-electron chi connectivity index (χ2n) is 6.86. The van der Waals surface area contributed by atoms with Gasteiger partial charge in [0.15, 0.2) is 11.0 Å². The van der Waals surface area contributed by atoms with E-state index in [0.29, 0.717) is 0 Å². The highest BCUT2D eigenvalue weighted by Crippen LogP contribution is 2.28. The predicted molar refractivity (Wildman–Crippen MR) is 99.1 cm³/mol. The molecule has 130 valence electrons. The van der Waals surface area contributed by atoms with Gasteiger partial charge >= 0.3 is 0 Å². The van der Waals surface area contributed by atoms with Gasteiger partial charge in [0.1, 0.15) is 0 Å². The number of thioether (sulfide) groups is 1. The molecule has 1 N–H and O–H groups in total. The van der Waals surface area contributed by atoms with Crippen LogP contribution in [0, 0.1) is 6.92 Å². The van der Waals surface area contributed by atoms with Crippen LogP contribution in [0.25, 0.3) is 11.4 Å². The summed E-state index contributed by atoms with van der Waals surface area (Å²) < 4.78 is 2.06. The van der Waals surface area contributed by atoms with Gasteiger partial charge in [0.2, 0.25) is 5.91 Å². The largest absolute Gasteiger partial charge is 0.351 e. The van der Waals surface area contributed by atoms with Crippen LogP contribution in [0.3, 0.4) is 0 Å². The van der Waals surface area contributed by atoms with Crippen LogP contribution in [0.15, 0.2) is 29.4 Å². The maximum Gasteiger partial charge on any atom is 0.233 e. The fraction of sp³-hybridized carbons (Fsp3) is 0.500. The minimum Gasteiger partial charge on any atom is -0.351 e. The Bertz CT molecular complexity index is 718. The molecule has 1 unspecified atom stereocenters. The first-order valence-corrected chi connectivity index (χ1v) is 9.08. The highest BCUT2D eigenvalue weighted by Gasteiger charge is 2.23. The summed E-state index contributed by atoms with van der Waals surface area (Å²) in [7, 11) is 0. The molecule has 2 aromatic rings.